The predicted octanol–water partition coefficient (Wildman–Crippen LogP) is 3.85. The van der Waals surface area contributed by atoms with E-state index in [1.165, 1.54) is 12.1 Å². The minimum atomic E-state index is -0.672. The first-order valence-corrected chi connectivity index (χ1v) is 6.76. The molecule has 0 aliphatic rings. The van der Waals surface area contributed by atoms with Gasteiger partial charge in [0.1, 0.15) is 11.6 Å². The van der Waals surface area contributed by atoms with Crippen LogP contribution in [0.2, 0.25) is 0 Å². The molecule has 110 valence electrons. The van der Waals surface area contributed by atoms with E-state index < -0.39 is 11.9 Å². The second kappa shape index (κ2) is 6.39. The number of amides is 1. The minimum Gasteiger partial charge on any atom is -0.481 e. The molecule has 0 aromatic heterocycles. The number of anilines is 1. The van der Waals surface area contributed by atoms with Crippen LogP contribution in [0.1, 0.15) is 18.1 Å². The summed E-state index contributed by atoms with van der Waals surface area (Å²) in [6, 6.07) is 11.6. The number of halogens is 1. The van der Waals surface area contributed by atoms with Crippen molar-refractivity contribution >= 4 is 11.6 Å². The van der Waals surface area contributed by atoms with Gasteiger partial charge in [-0.1, -0.05) is 18.2 Å². The zero-order valence-corrected chi connectivity index (χ0v) is 12.3. The molecular weight excluding hydrogens is 269 g/mol. The van der Waals surface area contributed by atoms with Crippen molar-refractivity contribution in [3.05, 3.63) is 59.4 Å². The molecule has 0 spiro atoms. The van der Waals surface area contributed by atoms with E-state index >= 15 is 0 Å². The number of rotatable bonds is 4. The number of hydrogen-bond donors (Lipinski definition) is 1. The Morgan fingerprint density at radius 2 is 1.95 bits per heavy atom. The van der Waals surface area contributed by atoms with Gasteiger partial charge in [-0.25, -0.2) is 4.39 Å². The zero-order valence-electron chi connectivity index (χ0n) is 12.3. The van der Waals surface area contributed by atoms with Crippen LogP contribution in [-0.4, -0.2) is 12.0 Å². The maximum atomic E-state index is 13.1. The van der Waals surface area contributed by atoms with Crippen LogP contribution in [-0.2, 0) is 4.79 Å². The molecule has 0 saturated carbocycles. The van der Waals surface area contributed by atoms with Gasteiger partial charge >= 0.3 is 0 Å². The zero-order chi connectivity index (χ0) is 15.4. The summed E-state index contributed by atoms with van der Waals surface area (Å²) in [5.74, 6) is -0.0331. The quantitative estimate of drug-likeness (QED) is 0.927. The fourth-order valence-corrected chi connectivity index (χ4v) is 1.89. The van der Waals surface area contributed by atoms with Crippen LogP contribution in [0.5, 0.6) is 5.75 Å². The van der Waals surface area contributed by atoms with Crippen molar-refractivity contribution in [2.75, 3.05) is 5.32 Å². The summed E-state index contributed by atoms with van der Waals surface area (Å²) in [4.78, 5) is 12.1. The lowest BCUT2D eigenvalue weighted by Gasteiger charge is -2.16. The second-order valence-corrected chi connectivity index (χ2v) is 5.03. The third-order valence-electron chi connectivity index (χ3n) is 3.11. The fraction of sp³-hybridized carbons (Fsp3) is 0.235. The molecule has 2 aromatic carbocycles. The molecule has 0 aliphatic carbocycles. The normalized spacial score (nSPS) is 11.8. The van der Waals surface area contributed by atoms with Crippen molar-refractivity contribution in [1.82, 2.24) is 0 Å². The number of benzene rings is 2. The molecule has 0 radical (unpaired) electrons. The van der Waals surface area contributed by atoms with Crippen LogP contribution < -0.4 is 10.1 Å². The van der Waals surface area contributed by atoms with Gasteiger partial charge in [0.15, 0.2) is 6.10 Å². The average molecular weight is 287 g/mol. The summed E-state index contributed by atoms with van der Waals surface area (Å²) < 4.78 is 18.8. The molecular formula is C17H18FNO2. The predicted molar refractivity (Wildman–Crippen MR) is 81.0 cm³/mol. The first kappa shape index (κ1) is 15.0. The summed E-state index contributed by atoms with van der Waals surface area (Å²) >= 11 is 0. The van der Waals surface area contributed by atoms with Crippen molar-refractivity contribution in [2.45, 2.75) is 26.9 Å². The molecule has 21 heavy (non-hydrogen) atoms. The van der Waals surface area contributed by atoms with E-state index in [9.17, 15) is 9.18 Å². The Morgan fingerprint density at radius 1 is 1.19 bits per heavy atom. The van der Waals surface area contributed by atoms with E-state index in [0.717, 1.165) is 11.1 Å². The highest BCUT2D eigenvalue weighted by Crippen LogP contribution is 2.21. The van der Waals surface area contributed by atoms with Crippen LogP contribution in [0, 0.1) is 19.7 Å². The molecule has 3 nitrogen and oxygen atoms in total. The lowest BCUT2D eigenvalue weighted by atomic mass is 10.1. The van der Waals surface area contributed by atoms with E-state index in [2.05, 4.69) is 5.32 Å². The van der Waals surface area contributed by atoms with E-state index in [0.29, 0.717) is 11.4 Å². The van der Waals surface area contributed by atoms with Gasteiger partial charge in [-0.2, -0.15) is 0 Å². The highest BCUT2D eigenvalue weighted by atomic mass is 19.1. The van der Waals surface area contributed by atoms with Gasteiger partial charge in [0, 0.05) is 5.69 Å². The summed E-state index contributed by atoms with van der Waals surface area (Å²) in [6.45, 7) is 5.55. The Labute approximate surface area is 123 Å². The molecule has 0 aliphatic heterocycles. The molecule has 2 rings (SSSR count). The SMILES string of the molecule is Cc1ccc(C)c(O[C@@H](C)C(=O)Nc2cccc(F)c2)c1. The standard InChI is InChI=1S/C17H18FNO2/c1-11-7-8-12(2)16(9-11)21-13(3)17(20)19-15-6-4-5-14(18)10-15/h4-10,13H,1-3H3,(H,19,20)/t13-/m0/s1. The van der Waals surface area contributed by atoms with Gasteiger partial charge in [-0.15, -0.1) is 0 Å². The fourth-order valence-electron chi connectivity index (χ4n) is 1.89. The van der Waals surface area contributed by atoms with Crippen LogP contribution in [0.3, 0.4) is 0 Å². The minimum absolute atomic E-state index is 0.318. The maximum absolute atomic E-state index is 13.1. The van der Waals surface area contributed by atoms with Crippen molar-refractivity contribution in [3.8, 4) is 5.75 Å². The summed E-state index contributed by atoms with van der Waals surface area (Å²) in [6.07, 6.45) is -0.672. The number of ether oxygens (including phenoxy) is 1. The van der Waals surface area contributed by atoms with Gasteiger partial charge in [-0.05, 0) is 56.2 Å². The Balaban J connectivity index is 2.04. The Kier molecular flexibility index (Phi) is 4.58. The largest absolute Gasteiger partial charge is 0.481 e. The molecule has 2 aromatic rings. The molecule has 0 heterocycles. The molecule has 0 fully saturated rings. The third kappa shape index (κ3) is 4.05. The number of aryl methyl sites for hydroxylation is 2. The molecule has 0 bridgehead atoms. The van der Waals surface area contributed by atoms with Gasteiger partial charge in [0.2, 0.25) is 0 Å². The lowest BCUT2D eigenvalue weighted by Crippen LogP contribution is -2.30. The van der Waals surface area contributed by atoms with Gasteiger partial charge in [0.25, 0.3) is 5.91 Å². The number of hydrogen-bond acceptors (Lipinski definition) is 2. The molecule has 1 N–H and O–H groups in total. The van der Waals surface area contributed by atoms with Crippen molar-refractivity contribution in [2.24, 2.45) is 0 Å². The first-order valence-electron chi connectivity index (χ1n) is 6.76. The Bertz CT molecular complexity index is 655. The van der Waals surface area contributed by atoms with Crippen LogP contribution in [0.25, 0.3) is 0 Å². The van der Waals surface area contributed by atoms with Crippen LogP contribution in [0.4, 0.5) is 10.1 Å². The highest BCUT2D eigenvalue weighted by molar-refractivity contribution is 5.94. The van der Waals surface area contributed by atoms with Crippen LogP contribution >= 0.6 is 0 Å². The number of nitrogens with one attached hydrogen (secondary N) is 1. The van der Waals surface area contributed by atoms with Crippen molar-refractivity contribution in [1.29, 1.82) is 0 Å². The highest BCUT2D eigenvalue weighted by Gasteiger charge is 2.16. The second-order valence-electron chi connectivity index (χ2n) is 5.03. The monoisotopic (exact) mass is 287 g/mol. The number of carbonyl (C=O) groups excluding carboxylic acids is 1. The molecule has 4 heteroatoms. The average Bonchev–Trinajstić information content (AvgIpc) is 2.43. The van der Waals surface area contributed by atoms with Crippen molar-refractivity contribution < 1.29 is 13.9 Å². The number of carbonyl (C=O) groups is 1. The third-order valence-corrected chi connectivity index (χ3v) is 3.11. The topological polar surface area (TPSA) is 38.3 Å². The van der Waals surface area contributed by atoms with E-state index in [-0.39, 0.29) is 5.91 Å². The molecule has 1 atom stereocenters. The first-order chi connectivity index (χ1) is 9.95. The summed E-state index contributed by atoms with van der Waals surface area (Å²) in [7, 11) is 0. The summed E-state index contributed by atoms with van der Waals surface area (Å²) in [5, 5.41) is 2.63. The lowest BCUT2D eigenvalue weighted by molar-refractivity contribution is -0.122. The van der Waals surface area contributed by atoms with E-state index in [4.69, 9.17) is 4.74 Å². The van der Waals surface area contributed by atoms with E-state index in [1.807, 2.05) is 32.0 Å². The van der Waals surface area contributed by atoms with Gasteiger partial charge in [-0.3, -0.25) is 4.79 Å². The molecule has 0 saturated heterocycles. The smallest absolute Gasteiger partial charge is 0.265 e. The summed E-state index contributed by atoms with van der Waals surface area (Å²) in [5.41, 5.74) is 2.44. The Morgan fingerprint density at radius 3 is 2.67 bits per heavy atom. The molecule has 1 amide bonds. The van der Waals surface area contributed by atoms with Gasteiger partial charge < -0.3 is 10.1 Å². The maximum Gasteiger partial charge on any atom is 0.265 e. The molecule has 0 unspecified atom stereocenters. The Hall–Kier alpha value is -2.36. The van der Waals surface area contributed by atoms with Gasteiger partial charge in [0.05, 0.1) is 0 Å². The van der Waals surface area contributed by atoms with Crippen molar-refractivity contribution in [3.63, 3.8) is 0 Å². The van der Waals surface area contributed by atoms with E-state index in [1.54, 1.807) is 19.1 Å². The van der Waals surface area contributed by atoms with Crippen LogP contribution in [0.15, 0.2) is 42.5 Å².